The highest BCUT2D eigenvalue weighted by Crippen LogP contribution is 2.24. The molecule has 1 atom stereocenters. The molecule has 2 rings (SSSR count). The molecule has 2 N–H and O–H groups in total. The third kappa shape index (κ3) is 3.23. The summed E-state index contributed by atoms with van der Waals surface area (Å²) in [6, 6.07) is 3.70. The quantitative estimate of drug-likeness (QED) is 0.812. The molecule has 1 saturated heterocycles. The van der Waals surface area contributed by atoms with E-state index in [1.807, 2.05) is 4.90 Å². The molecule has 1 unspecified atom stereocenters. The molecule has 20 heavy (non-hydrogen) atoms. The molecule has 7 heteroatoms. The van der Waals surface area contributed by atoms with Crippen molar-refractivity contribution < 1.29 is 23.5 Å². The number of carbonyl (C=O) groups is 2. The molecular formula is C13H14F2N2O3. The van der Waals surface area contributed by atoms with Gasteiger partial charge in [0.05, 0.1) is 0 Å². The Bertz CT molecular complexity index is 536. The number of halogens is 2. The molecule has 0 aliphatic carbocycles. The fourth-order valence-corrected chi connectivity index (χ4v) is 2.23. The minimum Gasteiger partial charge on any atom is -0.474 e. The van der Waals surface area contributed by atoms with Crippen LogP contribution in [0.4, 0.5) is 14.5 Å². The normalized spacial score (nSPS) is 18.1. The second-order valence-electron chi connectivity index (χ2n) is 4.71. The summed E-state index contributed by atoms with van der Waals surface area (Å²) in [5.41, 5.74) is 0.580. The number of hydrogen-bond donors (Lipinski definition) is 2. The second kappa shape index (κ2) is 5.85. The van der Waals surface area contributed by atoms with Crippen LogP contribution in [0.1, 0.15) is 6.42 Å². The van der Waals surface area contributed by atoms with Crippen molar-refractivity contribution in [3.8, 4) is 0 Å². The third-order valence-electron chi connectivity index (χ3n) is 3.30. The number of nitrogens with zero attached hydrogens (tertiary/aromatic N) is 1. The highest BCUT2D eigenvalue weighted by Gasteiger charge is 2.24. The van der Waals surface area contributed by atoms with Crippen molar-refractivity contribution in [2.24, 2.45) is 5.92 Å². The average Bonchev–Trinajstić information content (AvgIpc) is 2.87. The second-order valence-corrected chi connectivity index (χ2v) is 4.71. The molecule has 0 saturated carbocycles. The number of nitrogens with one attached hydrogen (secondary N) is 1. The summed E-state index contributed by atoms with van der Waals surface area (Å²) in [5, 5.41) is 10.8. The zero-order valence-electron chi connectivity index (χ0n) is 10.6. The van der Waals surface area contributed by atoms with Crippen molar-refractivity contribution in [3.05, 3.63) is 29.8 Å². The van der Waals surface area contributed by atoms with Gasteiger partial charge in [0.25, 0.3) is 0 Å². The highest BCUT2D eigenvalue weighted by molar-refractivity contribution is 6.31. The van der Waals surface area contributed by atoms with Gasteiger partial charge < -0.3 is 15.3 Å². The van der Waals surface area contributed by atoms with E-state index < -0.39 is 23.5 Å². The SMILES string of the molecule is O=C(O)C(=O)NCC1CCN(c2ccc(F)c(F)c2)C1. The maximum Gasteiger partial charge on any atom is 0.394 e. The maximum atomic E-state index is 13.1. The molecule has 0 bridgehead atoms. The number of carboxylic acids is 1. The molecule has 1 amide bonds. The molecule has 1 aromatic carbocycles. The molecule has 1 aliphatic heterocycles. The topological polar surface area (TPSA) is 69.6 Å². The molecule has 0 aromatic heterocycles. The minimum atomic E-state index is -1.51. The lowest BCUT2D eigenvalue weighted by atomic mass is 10.1. The number of carboxylic acid groups (broad SMARTS) is 1. The van der Waals surface area contributed by atoms with E-state index in [4.69, 9.17) is 5.11 Å². The van der Waals surface area contributed by atoms with Crippen molar-refractivity contribution >= 4 is 17.6 Å². The summed E-state index contributed by atoms with van der Waals surface area (Å²) in [6.07, 6.45) is 0.749. The lowest BCUT2D eigenvalue weighted by Crippen LogP contribution is -2.35. The van der Waals surface area contributed by atoms with Crippen LogP contribution in [-0.2, 0) is 9.59 Å². The molecule has 108 valence electrons. The smallest absolute Gasteiger partial charge is 0.394 e. The summed E-state index contributed by atoms with van der Waals surface area (Å²) in [6.45, 7) is 1.47. The molecular weight excluding hydrogens is 270 g/mol. The van der Waals surface area contributed by atoms with Gasteiger partial charge in [-0.2, -0.15) is 0 Å². The summed E-state index contributed by atoms with van der Waals surface area (Å²) in [7, 11) is 0. The van der Waals surface area contributed by atoms with E-state index in [9.17, 15) is 18.4 Å². The summed E-state index contributed by atoms with van der Waals surface area (Å²) in [4.78, 5) is 23.2. The van der Waals surface area contributed by atoms with E-state index in [1.165, 1.54) is 6.07 Å². The third-order valence-corrected chi connectivity index (χ3v) is 3.30. The van der Waals surface area contributed by atoms with Gasteiger partial charge in [0.2, 0.25) is 0 Å². The Hall–Kier alpha value is -2.18. The van der Waals surface area contributed by atoms with Crippen LogP contribution in [0.3, 0.4) is 0 Å². The van der Waals surface area contributed by atoms with Crippen molar-refractivity contribution in [2.45, 2.75) is 6.42 Å². The van der Waals surface area contributed by atoms with E-state index in [1.54, 1.807) is 0 Å². The number of anilines is 1. The van der Waals surface area contributed by atoms with Crippen molar-refractivity contribution in [1.82, 2.24) is 5.32 Å². The van der Waals surface area contributed by atoms with Crippen molar-refractivity contribution in [2.75, 3.05) is 24.5 Å². The first kappa shape index (κ1) is 14.2. The average molecular weight is 284 g/mol. The standard InChI is InChI=1S/C13H14F2N2O3/c14-10-2-1-9(5-11(10)15)17-4-3-8(7-17)6-16-12(18)13(19)20/h1-2,5,8H,3-4,6-7H2,(H,16,18)(H,19,20). The summed E-state index contributed by atoms with van der Waals surface area (Å²) < 4.78 is 26.0. The van der Waals surface area contributed by atoms with Crippen LogP contribution in [0.2, 0.25) is 0 Å². The van der Waals surface area contributed by atoms with E-state index in [0.29, 0.717) is 18.8 Å². The van der Waals surface area contributed by atoms with E-state index in [0.717, 1.165) is 18.6 Å². The number of benzene rings is 1. The van der Waals surface area contributed by atoms with Gasteiger partial charge in [-0.25, -0.2) is 13.6 Å². The molecule has 5 nitrogen and oxygen atoms in total. The zero-order valence-corrected chi connectivity index (χ0v) is 10.6. The first-order valence-corrected chi connectivity index (χ1v) is 6.18. The van der Waals surface area contributed by atoms with Gasteiger partial charge in [0, 0.05) is 31.4 Å². The van der Waals surface area contributed by atoms with Crippen LogP contribution in [0.15, 0.2) is 18.2 Å². The lowest BCUT2D eigenvalue weighted by molar-refractivity contribution is -0.150. The van der Waals surface area contributed by atoms with Gasteiger partial charge in [-0.15, -0.1) is 0 Å². The molecule has 0 spiro atoms. The molecule has 1 aromatic rings. The number of aliphatic carboxylic acids is 1. The Balaban J connectivity index is 1.90. The van der Waals surface area contributed by atoms with Crippen LogP contribution in [0, 0.1) is 17.6 Å². The van der Waals surface area contributed by atoms with Crippen LogP contribution in [0.5, 0.6) is 0 Å². The Morgan fingerprint density at radius 2 is 2.10 bits per heavy atom. The Morgan fingerprint density at radius 1 is 1.35 bits per heavy atom. The Morgan fingerprint density at radius 3 is 2.75 bits per heavy atom. The molecule has 1 aliphatic rings. The van der Waals surface area contributed by atoms with Crippen LogP contribution in [-0.4, -0.2) is 36.6 Å². The minimum absolute atomic E-state index is 0.0893. The first-order chi connectivity index (χ1) is 9.47. The predicted molar refractivity (Wildman–Crippen MR) is 67.3 cm³/mol. The fourth-order valence-electron chi connectivity index (χ4n) is 2.23. The van der Waals surface area contributed by atoms with Crippen molar-refractivity contribution in [1.29, 1.82) is 0 Å². The van der Waals surface area contributed by atoms with Crippen molar-refractivity contribution in [3.63, 3.8) is 0 Å². The molecule has 0 radical (unpaired) electrons. The largest absolute Gasteiger partial charge is 0.474 e. The van der Waals surface area contributed by atoms with E-state index >= 15 is 0 Å². The van der Waals surface area contributed by atoms with E-state index in [-0.39, 0.29) is 12.5 Å². The molecule has 1 fully saturated rings. The van der Waals surface area contributed by atoms with Gasteiger partial charge in [0.1, 0.15) is 0 Å². The van der Waals surface area contributed by atoms with E-state index in [2.05, 4.69) is 5.32 Å². The zero-order chi connectivity index (χ0) is 14.7. The molecule has 1 heterocycles. The maximum absolute atomic E-state index is 13.1. The van der Waals surface area contributed by atoms with Gasteiger partial charge in [-0.05, 0) is 24.5 Å². The highest BCUT2D eigenvalue weighted by atomic mass is 19.2. The first-order valence-electron chi connectivity index (χ1n) is 6.18. The Kier molecular flexibility index (Phi) is 4.16. The Labute approximate surface area is 114 Å². The van der Waals surface area contributed by atoms with Gasteiger partial charge >= 0.3 is 11.9 Å². The monoisotopic (exact) mass is 284 g/mol. The lowest BCUT2D eigenvalue weighted by Gasteiger charge is -2.19. The van der Waals surface area contributed by atoms with Gasteiger partial charge in [-0.3, -0.25) is 4.79 Å². The number of hydrogen-bond acceptors (Lipinski definition) is 3. The summed E-state index contributed by atoms with van der Waals surface area (Å²) in [5.74, 6) is -4.24. The van der Waals surface area contributed by atoms with Crippen LogP contribution in [0.25, 0.3) is 0 Å². The fraction of sp³-hybridized carbons (Fsp3) is 0.385. The van der Waals surface area contributed by atoms with Crippen LogP contribution >= 0.6 is 0 Å². The van der Waals surface area contributed by atoms with Crippen LogP contribution < -0.4 is 10.2 Å². The van der Waals surface area contributed by atoms with Gasteiger partial charge in [0.15, 0.2) is 11.6 Å². The number of rotatable bonds is 3. The predicted octanol–water partition coefficient (Wildman–Crippen LogP) is 0.992. The summed E-state index contributed by atoms with van der Waals surface area (Å²) >= 11 is 0. The number of carbonyl (C=O) groups excluding carboxylic acids is 1. The number of amides is 1. The van der Waals surface area contributed by atoms with Gasteiger partial charge in [-0.1, -0.05) is 0 Å².